The van der Waals surface area contributed by atoms with Gasteiger partial charge in [0.2, 0.25) is 0 Å². The molecule has 158 valence electrons. The highest BCUT2D eigenvalue weighted by Crippen LogP contribution is 2.50. The molecule has 7 heteroatoms. The third kappa shape index (κ3) is 3.77. The minimum absolute atomic E-state index is 0.0632. The molecule has 0 spiro atoms. The van der Waals surface area contributed by atoms with Gasteiger partial charge in [-0.2, -0.15) is 0 Å². The molecule has 0 amide bonds. The molecule has 1 heterocycles. The maximum atomic E-state index is 14.0. The van der Waals surface area contributed by atoms with Gasteiger partial charge in [-0.15, -0.1) is 0 Å². The van der Waals surface area contributed by atoms with Crippen LogP contribution in [0.2, 0.25) is 0 Å². The molecular formula is C24H20BrFN2O2S. The Bertz CT molecular complexity index is 1290. The molecule has 1 aliphatic carbocycles. The van der Waals surface area contributed by atoms with E-state index in [1.807, 2.05) is 12.1 Å². The lowest BCUT2D eigenvalue weighted by atomic mass is 9.77. The van der Waals surface area contributed by atoms with Crippen molar-refractivity contribution in [1.82, 2.24) is 0 Å². The van der Waals surface area contributed by atoms with E-state index in [2.05, 4.69) is 50.3 Å². The molecule has 0 aromatic heterocycles. The topological polar surface area (TPSA) is 58.2 Å². The second kappa shape index (κ2) is 7.80. The van der Waals surface area contributed by atoms with Crippen molar-refractivity contribution in [2.45, 2.75) is 23.3 Å². The summed E-state index contributed by atoms with van der Waals surface area (Å²) < 4.78 is 43.2. The zero-order valence-electron chi connectivity index (χ0n) is 16.4. The van der Waals surface area contributed by atoms with E-state index >= 15 is 0 Å². The lowest BCUT2D eigenvalue weighted by Gasteiger charge is -2.37. The van der Waals surface area contributed by atoms with E-state index in [1.165, 1.54) is 23.8 Å². The van der Waals surface area contributed by atoms with E-state index in [0.29, 0.717) is 5.92 Å². The van der Waals surface area contributed by atoms with Crippen molar-refractivity contribution in [2.75, 3.05) is 10.0 Å². The first-order valence-electron chi connectivity index (χ1n) is 10.0. The quantitative estimate of drug-likeness (QED) is 0.420. The molecule has 3 aromatic rings. The van der Waals surface area contributed by atoms with Crippen LogP contribution in [0.5, 0.6) is 0 Å². The van der Waals surface area contributed by atoms with Gasteiger partial charge >= 0.3 is 0 Å². The standard InChI is InChI=1S/C24H20BrFN2O2S/c25-16-6-3-5-15(13-16)24-19-8-4-7-18(19)20-14-17(11-12-22(20)27-24)31(29,30)28-23-10-2-1-9-21(23)26/h1-7,9-14,18-19,24,27-28H,8H2/t18-,19+,24+/m0/s1. The maximum absolute atomic E-state index is 14.0. The molecule has 31 heavy (non-hydrogen) atoms. The van der Waals surface area contributed by atoms with Crippen LogP contribution < -0.4 is 10.0 Å². The van der Waals surface area contributed by atoms with Crippen LogP contribution in [-0.2, 0) is 10.0 Å². The number of fused-ring (bicyclic) bond motifs is 3. The largest absolute Gasteiger partial charge is 0.378 e. The molecule has 0 saturated carbocycles. The lowest BCUT2D eigenvalue weighted by molar-refractivity contribution is 0.425. The predicted octanol–water partition coefficient (Wildman–Crippen LogP) is 6.22. The third-order valence-electron chi connectivity index (χ3n) is 5.97. The molecule has 3 aromatic carbocycles. The molecule has 3 atom stereocenters. The average molecular weight is 499 g/mol. The van der Waals surface area contributed by atoms with E-state index in [4.69, 9.17) is 0 Å². The minimum atomic E-state index is -3.92. The monoisotopic (exact) mass is 498 g/mol. The highest BCUT2D eigenvalue weighted by molar-refractivity contribution is 9.10. The van der Waals surface area contributed by atoms with Crippen LogP contribution in [0, 0.1) is 11.7 Å². The summed E-state index contributed by atoms with van der Waals surface area (Å²) in [5, 5.41) is 3.61. The van der Waals surface area contributed by atoms with Crippen molar-refractivity contribution < 1.29 is 12.8 Å². The number of rotatable bonds is 4. The van der Waals surface area contributed by atoms with Crippen LogP contribution in [0.1, 0.15) is 29.5 Å². The smallest absolute Gasteiger partial charge is 0.261 e. The van der Waals surface area contributed by atoms with Gasteiger partial charge in [-0.1, -0.05) is 52.3 Å². The van der Waals surface area contributed by atoms with Crippen LogP contribution in [0.25, 0.3) is 0 Å². The minimum Gasteiger partial charge on any atom is -0.378 e. The lowest BCUT2D eigenvalue weighted by Crippen LogP contribution is -2.29. The number of para-hydroxylation sites is 1. The fraction of sp³-hybridized carbons (Fsp3) is 0.167. The van der Waals surface area contributed by atoms with Crippen LogP contribution in [0.4, 0.5) is 15.8 Å². The van der Waals surface area contributed by atoms with Crippen molar-refractivity contribution in [3.05, 3.63) is 100 Å². The number of hydrogen-bond donors (Lipinski definition) is 2. The number of anilines is 2. The Morgan fingerprint density at radius 2 is 1.87 bits per heavy atom. The van der Waals surface area contributed by atoms with Gasteiger partial charge in [0.05, 0.1) is 16.6 Å². The van der Waals surface area contributed by atoms with Crippen molar-refractivity contribution in [3.63, 3.8) is 0 Å². The predicted molar refractivity (Wildman–Crippen MR) is 124 cm³/mol. The van der Waals surface area contributed by atoms with Gasteiger partial charge in [0.25, 0.3) is 10.0 Å². The van der Waals surface area contributed by atoms with E-state index in [0.717, 1.165) is 22.1 Å². The molecule has 5 rings (SSSR count). The number of benzene rings is 3. The molecule has 4 nitrogen and oxygen atoms in total. The summed E-state index contributed by atoms with van der Waals surface area (Å²) in [6.45, 7) is 0. The van der Waals surface area contributed by atoms with Crippen LogP contribution in [0.15, 0.2) is 88.3 Å². The third-order valence-corrected chi connectivity index (χ3v) is 7.83. The fourth-order valence-electron chi connectivity index (χ4n) is 4.52. The van der Waals surface area contributed by atoms with Gasteiger partial charge in [0.15, 0.2) is 0 Å². The van der Waals surface area contributed by atoms with Crippen LogP contribution in [-0.4, -0.2) is 8.42 Å². The first-order valence-corrected chi connectivity index (χ1v) is 12.3. The SMILES string of the molecule is O=S(=O)(Nc1ccccc1F)c1ccc2c(c1)[C@H]1C=CC[C@H]1[C@@H](c1cccc(Br)c1)N2. The second-order valence-electron chi connectivity index (χ2n) is 7.86. The Kier molecular flexibility index (Phi) is 5.10. The maximum Gasteiger partial charge on any atom is 0.261 e. The fourth-order valence-corrected chi connectivity index (χ4v) is 6.04. The van der Waals surface area contributed by atoms with Crippen molar-refractivity contribution >= 4 is 37.3 Å². The Morgan fingerprint density at radius 3 is 2.68 bits per heavy atom. The zero-order valence-corrected chi connectivity index (χ0v) is 18.8. The summed E-state index contributed by atoms with van der Waals surface area (Å²) in [6, 6.07) is 19.2. The molecule has 0 saturated heterocycles. The Labute approximate surface area is 189 Å². The van der Waals surface area contributed by atoms with E-state index in [9.17, 15) is 12.8 Å². The zero-order chi connectivity index (χ0) is 21.6. The summed E-state index contributed by atoms with van der Waals surface area (Å²) in [5.74, 6) is -0.204. The highest BCUT2D eigenvalue weighted by atomic mass is 79.9. The van der Waals surface area contributed by atoms with Crippen molar-refractivity contribution in [1.29, 1.82) is 0 Å². The normalized spacial score (nSPS) is 21.8. The van der Waals surface area contributed by atoms with Gasteiger partial charge in [0.1, 0.15) is 5.82 Å². The molecule has 0 bridgehead atoms. The van der Waals surface area contributed by atoms with E-state index in [-0.39, 0.29) is 22.5 Å². The summed E-state index contributed by atoms with van der Waals surface area (Å²) in [6.07, 6.45) is 5.24. The molecule has 0 unspecified atom stereocenters. The number of allylic oxidation sites excluding steroid dienone is 2. The summed E-state index contributed by atoms with van der Waals surface area (Å²) in [4.78, 5) is 0.122. The summed E-state index contributed by atoms with van der Waals surface area (Å²) in [5.41, 5.74) is 2.99. The Morgan fingerprint density at radius 1 is 1.03 bits per heavy atom. The van der Waals surface area contributed by atoms with Crippen LogP contribution in [0.3, 0.4) is 0 Å². The second-order valence-corrected chi connectivity index (χ2v) is 10.5. The van der Waals surface area contributed by atoms with E-state index in [1.54, 1.807) is 24.3 Å². The number of nitrogens with one attached hydrogen (secondary N) is 2. The number of halogens is 2. The molecule has 0 fully saturated rings. The summed E-state index contributed by atoms with van der Waals surface area (Å²) in [7, 11) is -3.92. The van der Waals surface area contributed by atoms with Gasteiger partial charge in [-0.05, 0) is 65.9 Å². The Balaban J connectivity index is 1.51. The van der Waals surface area contributed by atoms with Gasteiger partial charge in [-0.25, -0.2) is 12.8 Å². The average Bonchev–Trinajstić information content (AvgIpc) is 3.24. The first-order chi connectivity index (χ1) is 14.9. The van der Waals surface area contributed by atoms with Crippen molar-refractivity contribution in [3.8, 4) is 0 Å². The number of hydrogen-bond acceptors (Lipinski definition) is 3. The first kappa shape index (κ1) is 20.3. The van der Waals surface area contributed by atoms with Crippen molar-refractivity contribution in [2.24, 2.45) is 5.92 Å². The van der Waals surface area contributed by atoms with Crippen LogP contribution >= 0.6 is 15.9 Å². The highest BCUT2D eigenvalue weighted by Gasteiger charge is 2.38. The number of sulfonamides is 1. The molecule has 1 aliphatic heterocycles. The van der Waals surface area contributed by atoms with Gasteiger partial charge in [-0.3, -0.25) is 4.72 Å². The molecule has 0 radical (unpaired) electrons. The van der Waals surface area contributed by atoms with E-state index < -0.39 is 15.8 Å². The van der Waals surface area contributed by atoms with Gasteiger partial charge < -0.3 is 5.32 Å². The molecular weight excluding hydrogens is 479 g/mol. The summed E-state index contributed by atoms with van der Waals surface area (Å²) >= 11 is 3.55. The molecule has 2 aliphatic rings. The molecule has 2 N–H and O–H groups in total. The Hall–Kier alpha value is -2.64. The van der Waals surface area contributed by atoms with Gasteiger partial charge in [0, 0.05) is 16.1 Å².